The molecule has 1 aromatic carbocycles. The lowest BCUT2D eigenvalue weighted by Crippen LogP contribution is -2.02. The second-order valence-electron chi connectivity index (χ2n) is 4.11. The fourth-order valence-corrected chi connectivity index (χ4v) is 1.92. The van der Waals surface area contributed by atoms with Crippen molar-refractivity contribution in [3.05, 3.63) is 23.3 Å². The van der Waals surface area contributed by atoms with Gasteiger partial charge in [-0.3, -0.25) is 4.79 Å². The van der Waals surface area contributed by atoms with Crippen LogP contribution in [-0.2, 0) is 17.6 Å². The van der Waals surface area contributed by atoms with E-state index in [0.29, 0.717) is 6.42 Å². The van der Waals surface area contributed by atoms with Gasteiger partial charge < -0.3 is 9.47 Å². The third-order valence-electron chi connectivity index (χ3n) is 2.62. The molecule has 1 rings (SSSR count). The number of carbonyl (C=O) groups excluding carboxylic acids is 1. The molecule has 0 atom stereocenters. The van der Waals surface area contributed by atoms with Gasteiger partial charge in [-0.05, 0) is 31.0 Å². The van der Waals surface area contributed by atoms with Gasteiger partial charge in [-0.2, -0.15) is 0 Å². The molecule has 3 heteroatoms. The molecule has 0 bridgehead atoms. The fraction of sp³-hybridized carbons (Fsp3) is 0.500. The van der Waals surface area contributed by atoms with Crippen LogP contribution in [0.1, 0.15) is 31.4 Å². The monoisotopic (exact) mass is 236 g/mol. The number of hydrogen-bond acceptors (Lipinski definition) is 3. The molecule has 0 aliphatic heterocycles. The second-order valence-corrected chi connectivity index (χ2v) is 4.11. The van der Waals surface area contributed by atoms with Crippen LogP contribution < -0.4 is 9.47 Å². The van der Waals surface area contributed by atoms with Crippen LogP contribution in [0.5, 0.6) is 11.5 Å². The number of benzene rings is 1. The minimum absolute atomic E-state index is 0.136. The Bertz CT molecular complexity index is 371. The molecule has 0 spiro atoms. The zero-order chi connectivity index (χ0) is 12.8. The molecule has 17 heavy (non-hydrogen) atoms. The summed E-state index contributed by atoms with van der Waals surface area (Å²) >= 11 is 0. The summed E-state index contributed by atoms with van der Waals surface area (Å²) in [4.78, 5) is 11.1. The van der Waals surface area contributed by atoms with E-state index < -0.39 is 0 Å². The lowest BCUT2D eigenvalue weighted by atomic mass is 10.0. The molecule has 1 aromatic rings. The standard InChI is InChI=1S/C14H20O3/c1-5-6-12-13(16-3)8-11(7-10(2)15)9-14(12)17-4/h8-9H,5-7H2,1-4H3. The quantitative estimate of drug-likeness (QED) is 0.762. The molecular formula is C14H20O3. The van der Waals surface area contributed by atoms with Crippen LogP contribution >= 0.6 is 0 Å². The van der Waals surface area contributed by atoms with E-state index in [2.05, 4.69) is 6.92 Å². The highest BCUT2D eigenvalue weighted by molar-refractivity contribution is 5.78. The van der Waals surface area contributed by atoms with Crippen LogP contribution in [-0.4, -0.2) is 20.0 Å². The molecule has 0 saturated carbocycles. The van der Waals surface area contributed by atoms with E-state index in [1.165, 1.54) is 0 Å². The number of hydrogen-bond donors (Lipinski definition) is 0. The summed E-state index contributed by atoms with van der Waals surface area (Å²) in [5.41, 5.74) is 2.01. The maximum absolute atomic E-state index is 11.1. The van der Waals surface area contributed by atoms with E-state index in [4.69, 9.17) is 9.47 Å². The zero-order valence-electron chi connectivity index (χ0n) is 11.0. The van der Waals surface area contributed by atoms with Gasteiger partial charge in [0.1, 0.15) is 17.3 Å². The Morgan fingerprint density at radius 1 is 1.18 bits per heavy atom. The summed E-state index contributed by atoms with van der Waals surface area (Å²) in [7, 11) is 3.29. The molecule has 0 aliphatic rings. The van der Waals surface area contributed by atoms with Gasteiger partial charge in [0, 0.05) is 12.0 Å². The first-order valence-electron chi connectivity index (χ1n) is 5.85. The Kier molecular flexibility index (Phi) is 5.01. The van der Waals surface area contributed by atoms with Gasteiger partial charge in [0.05, 0.1) is 14.2 Å². The summed E-state index contributed by atoms with van der Waals surface area (Å²) in [6, 6.07) is 3.85. The van der Waals surface area contributed by atoms with Gasteiger partial charge in [0.2, 0.25) is 0 Å². The van der Waals surface area contributed by atoms with Crippen LogP contribution in [0.15, 0.2) is 12.1 Å². The van der Waals surface area contributed by atoms with Gasteiger partial charge in [-0.25, -0.2) is 0 Å². The minimum atomic E-state index is 0.136. The second kappa shape index (κ2) is 6.28. The summed E-state index contributed by atoms with van der Waals surface area (Å²) in [5, 5.41) is 0. The molecular weight excluding hydrogens is 216 g/mol. The van der Waals surface area contributed by atoms with E-state index in [1.54, 1.807) is 21.1 Å². The maximum atomic E-state index is 11.1. The Morgan fingerprint density at radius 3 is 2.06 bits per heavy atom. The lowest BCUT2D eigenvalue weighted by molar-refractivity contribution is -0.116. The molecule has 0 saturated heterocycles. The van der Waals surface area contributed by atoms with Gasteiger partial charge in [-0.15, -0.1) is 0 Å². The minimum Gasteiger partial charge on any atom is -0.496 e. The average Bonchev–Trinajstić information content (AvgIpc) is 2.30. The Labute approximate surface area is 103 Å². The lowest BCUT2D eigenvalue weighted by Gasteiger charge is -2.14. The molecule has 0 fully saturated rings. The molecule has 0 aromatic heterocycles. The predicted octanol–water partition coefficient (Wildman–Crippen LogP) is 2.79. The number of Topliss-reactive ketones (excluding diaryl/α,β-unsaturated/α-hetero) is 1. The Hall–Kier alpha value is -1.51. The Balaban J connectivity index is 3.18. The molecule has 0 aliphatic carbocycles. The van der Waals surface area contributed by atoms with Crippen molar-refractivity contribution in [3.8, 4) is 11.5 Å². The molecule has 0 unspecified atom stereocenters. The highest BCUT2D eigenvalue weighted by Gasteiger charge is 2.12. The van der Waals surface area contributed by atoms with Crippen molar-refractivity contribution in [2.45, 2.75) is 33.1 Å². The van der Waals surface area contributed by atoms with Gasteiger partial charge in [0.25, 0.3) is 0 Å². The molecule has 0 N–H and O–H groups in total. The van der Waals surface area contributed by atoms with Crippen molar-refractivity contribution < 1.29 is 14.3 Å². The third kappa shape index (κ3) is 3.48. The third-order valence-corrected chi connectivity index (χ3v) is 2.62. The normalized spacial score (nSPS) is 10.1. The Morgan fingerprint density at radius 2 is 1.71 bits per heavy atom. The summed E-state index contributed by atoms with van der Waals surface area (Å²) < 4.78 is 10.7. The fourth-order valence-electron chi connectivity index (χ4n) is 1.92. The van der Waals surface area contributed by atoms with Crippen molar-refractivity contribution in [3.63, 3.8) is 0 Å². The van der Waals surface area contributed by atoms with E-state index in [9.17, 15) is 4.79 Å². The average molecular weight is 236 g/mol. The zero-order valence-corrected chi connectivity index (χ0v) is 11.0. The van der Waals surface area contributed by atoms with E-state index in [1.807, 2.05) is 12.1 Å². The van der Waals surface area contributed by atoms with E-state index in [-0.39, 0.29) is 5.78 Å². The maximum Gasteiger partial charge on any atom is 0.134 e. The van der Waals surface area contributed by atoms with Crippen LogP contribution in [0.2, 0.25) is 0 Å². The topological polar surface area (TPSA) is 35.5 Å². The number of rotatable bonds is 6. The van der Waals surface area contributed by atoms with Crippen molar-refractivity contribution in [2.24, 2.45) is 0 Å². The van der Waals surface area contributed by atoms with Crippen molar-refractivity contribution in [1.82, 2.24) is 0 Å². The smallest absolute Gasteiger partial charge is 0.134 e. The summed E-state index contributed by atoms with van der Waals surface area (Å²) in [5.74, 6) is 1.75. The van der Waals surface area contributed by atoms with Gasteiger partial charge >= 0.3 is 0 Å². The molecule has 0 radical (unpaired) electrons. The van der Waals surface area contributed by atoms with Crippen molar-refractivity contribution in [1.29, 1.82) is 0 Å². The number of methoxy groups -OCH3 is 2. The van der Waals surface area contributed by atoms with Crippen LogP contribution in [0.3, 0.4) is 0 Å². The summed E-state index contributed by atoms with van der Waals surface area (Å²) in [6.07, 6.45) is 2.35. The molecule has 0 amide bonds. The molecule has 94 valence electrons. The first-order valence-corrected chi connectivity index (χ1v) is 5.85. The molecule has 0 heterocycles. The van der Waals surface area contributed by atoms with Crippen LogP contribution in [0, 0.1) is 0 Å². The molecule has 3 nitrogen and oxygen atoms in total. The SMILES string of the molecule is CCCc1c(OC)cc(CC(C)=O)cc1OC. The largest absolute Gasteiger partial charge is 0.496 e. The highest BCUT2D eigenvalue weighted by atomic mass is 16.5. The van der Waals surface area contributed by atoms with Gasteiger partial charge in [0.15, 0.2) is 0 Å². The van der Waals surface area contributed by atoms with Gasteiger partial charge in [-0.1, -0.05) is 13.3 Å². The highest BCUT2D eigenvalue weighted by Crippen LogP contribution is 2.31. The van der Waals surface area contributed by atoms with E-state index >= 15 is 0 Å². The summed E-state index contributed by atoms with van der Waals surface area (Å²) in [6.45, 7) is 3.70. The van der Waals surface area contributed by atoms with E-state index in [0.717, 1.165) is 35.5 Å². The van der Waals surface area contributed by atoms with Crippen LogP contribution in [0.4, 0.5) is 0 Å². The van der Waals surface area contributed by atoms with Crippen molar-refractivity contribution >= 4 is 5.78 Å². The van der Waals surface area contributed by atoms with Crippen molar-refractivity contribution in [2.75, 3.05) is 14.2 Å². The first kappa shape index (κ1) is 13.6. The first-order chi connectivity index (χ1) is 8.12. The predicted molar refractivity (Wildman–Crippen MR) is 67.9 cm³/mol. The number of ketones is 1. The number of ether oxygens (including phenoxy) is 2. The van der Waals surface area contributed by atoms with Crippen LogP contribution in [0.25, 0.3) is 0 Å². The number of carbonyl (C=O) groups is 1.